The fourth-order valence-electron chi connectivity index (χ4n) is 4.07. The lowest BCUT2D eigenvalue weighted by atomic mass is 9.99. The molecule has 134 valence electrons. The van der Waals surface area contributed by atoms with Crippen LogP contribution in [0.4, 0.5) is 0 Å². The van der Waals surface area contributed by atoms with Crippen LogP contribution in [0, 0.1) is 0 Å². The number of nitrogens with one attached hydrogen (secondary N) is 1. The van der Waals surface area contributed by atoms with Gasteiger partial charge in [-0.3, -0.25) is 0 Å². The zero-order valence-electron chi connectivity index (χ0n) is 15.1. The maximum Gasteiger partial charge on any atom is 0.136 e. The topological polar surface area (TPSA) is 37.8 Å². The van der Waals surface area contributed by atoms with E-state index in [0.29, 0.717) is 5.75 Å². The third kappa shape index (κ3) is 3.00. The van der Waals surface area contributed by atoms with Crippen LogP contribution in [0.2, 0.25) is 0 Å². The highest BCUT2D eigenvalue weighted by molar-refractivity contribution is 6.05. The maximum atomic E-state index is 10.6. The van der Waals surface area contributed by atoms with E-state index in [0.717, 1.165) is 53.6 Å². The summed E-state index contributed by atoms with van der Waals surface area (Å²) in [6.45, 7) is 2.84. The average Bonchev–Trinajstić information content (AvgIpc) is 3.07. The van der Waals surface area contributed by atoms with Crippen LogP contribution in [0.3, 0.4) is 0 Å². The first-order valence-electron chi connectivity index (χ1n) is 9.49. The van der Waals surface area contributed by atoms with Crippen molar-refractivity contribution in [3.63, 3.8) is 0 Å². The number of hydrogen-bond donors (Lipinski definition) is 2. The summed E-state index contributed by atoms with van der Waals surface area (Å²) in [7, 11) is 0. The number of phenolic OH excluding ortho intramolecular Hbond substituents is 1. The van der Waals surface area contributed by atoms with Gasteiger partial charge in [-0.25, -0.2) is 0 Å². The Hall–Kier alpha value is -3.04. The zero-order valence-corrected chi connectivity index (χ0v) is 15.1. The lowest BCUT2D eigenvalue weighted by Gasteiger charge is -2.24. The predicted octanol–water partition coefficient (Wildman–Crippen LogP) is 4.16. The van der Waals surface area contributed by atoms with Crippen LogP contribution in [-0.4, -0.2) is 18.2 Å². The van der Waals surface area contributed by atoms with Crippen molar-refractivity contribution in [2.75, 3.05) is 13.1 Å². The van der Waals surface area contributed by atoms with E-state index in [1.54, 1.807) is 0 Å². The van der Waals surface area contributed by atoms with Gasteiger partial charge in [-0.2, -0.15) is 0 Å². The summed E-state index contributed by atoms with van der Waals surface area (Å²) >= 11 is 0. The second-order valence-corrected chi connectivity index (χ2v) is 7.30. The normalized spacial score (nSPS) is 17.3. The summed E-state index contributed by atoms with van der Waals surface area (Å²) in [4.78, 5) is 1.46. The molecule has 3 aromatic carbocycles. The van der Waals surface area contributed by atoms with E-state index in [1.165, 1.54) is 16.0 Å². The van der Waals surface area contributed by atoms with Crippen molar-refractivity contribution >= 4 is 27.5 Å². The molecule has 4 aromatic rings. The molecule has 1 aliphatic rings. The maximum absolute atomic E-state index is 10.6. The summed E-state index contributed by atoms with van der Waals surface area (Å²) in [5.41, 5.74) is 5.42. The van der Waals surface area contributed by atoms with Crippen LogP contribution in [0.1, 0.15) is 17.5 Å². The molecule has 1 unspecified atom stereocenters. The van der Waals surface area contributed by atoms with E-state index in [-0.39, 0.29) is 0 Å². The molecule has 3 nitrogen and oxygen atoms in total. The van der Waals surface area contributed by atoms with Gasteiger partial charge in [-0.1, -0.05) is 48.5 Å². The molecule has 2 N–H and O–H groups in total. The van der Waals surface area contributed by atoms with Crippen molar-refractivity contribution in [2.24, 2.45) is 0 Å². The molecule has 1 atom stereocenters. The molecular weight excluding hydrogens is 334 g/mol. The molecule has 0 aliphatic carbocycles. The van der Waals surface area contributed by atoms with Gasteiger partial charge in [0.2, 0.25) is 0 Å². The molecular formula is C24H22NO2+. The average molecular weight is 356 g/mol. The van der Waals surface area contributed by atoms with Gasteiger partial charge in [0, 0.05) is 17.2 Å². The van der Waals surface area contributed by atoms with E-state index in [9.17, 15) is 5.11 Å². The first-order chi connectivity index (χ1) is 13.3. The molecule has 27 heavy (non-hydrogen) atoms. The third-order valence-electron chi connectivity index (χ3n) is 5.55. The highest BCUT2D eigenvalue weighted by atomic mass is 16.3. The molecule has 1 aromatic heterocycles. The van der Waals surface area contributed by atoms with E-state index < -0.39 is 0 Å². The third-order valence-corrected chi connectivity index (χ3v) is 5.55. The van der Waals surface area contributed by atoms with Crippen LogP contribution in [0.5, 0.6) is 5.75 Å². The van der Waals surface area contributed by atoms with Crippen molar-refractivity contribution < 1.29 is 14.4 Å². The van der Waals surface area contributed by atoms with E-state index in [4.69, 9.17) is 4.42 Å². The van der Waals surface area contributed by atoms with Gasteiger partial charge in [0.05, 0.1) is 18.7 Å². The van der Waals surface area contributed by atoms with Crippen molar-refractivity contribution in [3.8, 4) is 5.75 Å². The first kappa shape index (κ1) is 16.2. The number of benzene rings is 3. The van der Waals surface area contributed by atoms with E-state index in [1.807, 2.05) is 36.4 Å². The summed E-state index contributed by atoms with van der Waals surface area (Å²) < 4.78 is 5.98. The Morgan fingerprint density at radius 2 is 1.70 bits per heavy atom. The molecule has 0 fully saturated rings. The van der Waals surface area contributed by atoms with E-state index in [2.05, 4.69) is 36.4 Å². The summed E-state index contributed by atoms with van der Waals surface area (Å²) in [6, 6.07) is 22.4. The summed E-state index contributed by atoms with van der Waals surface area (Å²) in [6.07, 6.45) is 3.40. The number of hydrogen-bond acceptors (Lipinski definition) is 2. The van der Waals surface area contributed by atoms with Crippen molar-refractivity contribution in [2.45, 2.75) is 13.0 Å². The molecule has 0 saturated heterocycles. The van der Waals surface area contributed by atoms with Gasteiger partial charge >= 0.3 is 0 Å². The quantitative estimate of drug-likeness (QED) is 0.578. The molecule has 0 amide bonds. The fraction of sp³-hybridized carbons (Fsp3) is 0.167. The molecule has 5 rings (SSSR count). The number of para-hydroxylation sites is 1. The van der Waals surface area contributed by atoms with Crippen LogP contribution < -0.4 is 4.90 Å². The second-order valence-electron chi connectivity index (χ2n) is 7.30. The van der Waals surface area contributed by atoms with Gasteiger partial charge in [-0.05, 0) is 35.4 Å². The van der Waals surface area contributed by atoms with Gasteiger partial charge in [0.15, 0.2) is 0 Å². The number of aromatic hydroxyl groups is 1. The Kier molecular flexibility index (Phi) is 3.95. The van der Waals surface area contributed by atoms with Crippen LogP contribution in [0.25, 0.3) is 27.5 Å². The minimum atomic E-state index is 0.361. The monoisotopic (exact) mass is 356 g/mol. The first-order valence-corrected chi connectivity index (χ1v) is 9.49. The number of fused-ring (bicyclic) bond motifs is 3. The van der Waals surface area contributed by atoms with Gasteiger partial charge in [0.25, 0.3) is 0 Å². The molecule has 2 heterocycles. The van der Waals surface area contributed by atoms with Crippen molar-refractivity contribution in [3.05, 3.63) is 83.9 Å². The van der Waals surface area contributed by atoms with Crippen molar-refractivity contribution in [1.29, 1.82) is 0 Å². The lowest BCUT2D eigenvalue weighted by molar-refractivity contribution is -0.908. The zero-order chi connectivity index (χ0) is 18.2. The summed E-state index contributed by atoms with van der Waals surface area (Å²) in [5.74, 6) is 0.361. The number of phenols is 1. The van der Waals surface area contributed by atoms with E-state index >= 15 is 0 Å². The van der Waals surface area contributed by atoms with Gasteiger partial charge < -0.3 is 14.4 Å². The Balaban J connectivity index is 1.40. The highest BCUT2D eigenvalue weighted by Crippen LogP contribution is 2.33. The number of quaternary nitrogens is 1. The molecule has 0 saturated carbocycles. The van der Waals surface area contributed by atoms with Gasteiger partial charge in [0.1, 0.15) is 23.5 Å². The molecule has 0 radical (unpaired) electrons. The minimum Gasteiger partial charge on any atom is -0.507 e. The highest BCUT2D eigenvalue weighted by Gasteiger charge is 2.19. The Morgan fingerprint density at radius 1 is 0.889 bits per heavy atom. The number of furan rings is 1. The fourth-order valence-corrected chi connectivity index (χ4v) is 4.07. The SMILES string of the molecule is Oc1cc2c(cc1C[NH+]1CC=C(c3ccccc3)CC1)oc1ccccc12. The number of rotatable bonds is 3. The Morgan fingerprint density at radius 3 is 2.52 bits per heavy atom. The standard InChI is InChI=1S/C24H21NO2/c26-22-15-21-20-8-4-5-9-23(20)27-24(21)14-19(22)16-25-12-10-18(11-13-25)17-6-2-1-3-7-17/h1-10,14-15,26H,11-13,16H2/p+1. The lowest BCUT2D eigenvalue weighted by Crippen LogP contribution is -3.11. The second kappa shape index (κ2) is 6.60. The summed E-state index contributed by atoms with van der Waals surface area (Å²) in [5, 5.41) is 12.6. The molecule has 1 aliphatic heterocycles. The Labute approximate surface area is 158 Å². The van der Waals surface area contributed by atoms with Crippen molar-refractivity contribution in [1.82, 2.24) is 0 Å². The largest absolute Gasteiger partial charge is 0.507 e. The Bertz CT molecular complexity index is 1140. The molecule has 3 heteroatoms. The van der Waals surface area contributed by atoms with Gasteiger partial charge in [-0.15, -0.1) is 0 Å². The van der Waals surface area contributed by atoms with Crippen LogP contribution in [0.15, 0.2) is 77.2 Å². The molecule has 0 bridgehead atoms. The van der Waals surface area contributed by atoms with Crippen LogP contribution >= 0.6 is 0 Å². The smallest absolute Gasteiger partial charge is 0.136 e. The molecule has 0 spiro atoms. The predicted molar refractivity (Wildman–Crippen MR) is 109 cm³/mol. The van der Waals surface area contributed by atoms with Crippen LogP contribution in [-0.2, 0) is 6.54 Å². The minimum absolute atomic E-state index is 0.361.